The Morgan fingerprint density at radius 2 is 1.19 bits per heavy atom. The molecule has 9 nitrogen and oxygen atoms in total. The van der Waals surface area contributed by atoms with E-state index in [-0.39, 0.29) is 12.1 Å². The van der Waals surface area contributed by atoms with Gasteiger partial charge in [0, 0.05) is 21.5 Å². The number of hydrogen-bond donors (Lipinski definition) is 1. The maximum Gasteiger partial charge on any atom is 0.519 e. The number of ether oxygens (including phenoxy) is 4. The van der Waals surface area contributed by atoms with Gasteiger partial charge in [-0.05, 0) is 155 Å². The van der Waals surface area contributed by atoms with Gasteiger partial charge in [-0.3, -0.25) is 0 Å². The van der Waals surface area contributed by atoms with E-state index < -0.39 is 29.1 Å². The second-order valence-corrected chi connectivity index (χ2v) is 16.8. The monoisotopic (exact) mass is 796 g/mol. The van der Waals surface area contributed by atoms with Crippen molar-refractivity contribution in [2.24, 2.45) is 0 Å². The number of benzene rings is 2. The molecule has 1 N–H and O–H groups in total. The van der Waals surface area contributed by atoms with E-state index in [9.17, 15) is 14.4 Å². The lowest BCUT2D eigenvalue weighted by molar-refractivity contribution is -0.0294. The molecule has 268 valence electrons. The highest BCUT2D eigenvalue weighted by Gasteiger charge is 2.33. The molecule has 2 atom stereocenters. The summed E-state index contributed by atoms with van der Waals surface area (Å²) in [6, 6.07) is 13.5. The summed E-state index contributed by atoms with van der Waals surface area (Å²) in [5, 5.41) is 3.52. The lowest BCUT2D eigenvalue weighted by Gasteiger charge is -2.29. The second kappa shape index (κ2) is 17.9. The van der Waals surface area contributed by atoms with Gasteiger partial charge in [-0.1, -0.05) is 44.0 Å². The van der Waals surface area contributed by atoms with Crippen molar-refractivity contribution in [3.05, 3.63) is 67.6 Å². The molecule has 48 heavy (non-hydrogen) atoms. The number of nitrogens with zero attached hydrogens (tertiary/aromatic N) is 1. The number of aryl methyl sites for hydroxylation is 2. The highest BCUT2D eigenvalue weighted by atomic mass is 79.9. The normalized spacial score (nSPS) is 17.7. The van der Waals surface area contributed by atoms with Crippen LogP contribution in [0.25, 0.3) is 0 Å². The molecule has 2 fully saturated rings. The summed E-state index contributed by atoms with van der Waals surface area (Å²) in [7, 11) is 0. The van der Waals surface area contributed by atoms with Crippen LogP contribution in [0.3, 0.4) is 0 Å². The third kappa shape index (κ3) is 15.3. The summed E-state index contributed by atoms with van der Waals surface area (Å²) in [5.41, 5.74) is 3.43. The first kappa shape index (κ1) is 41.5. The van der Waals surface area contributed by atoms with Gasteiger partial charge in [-0.2, -0.15) is 0 Å². The maximum absolute atomic E-state index is 12.3. The lowest BCUT2D eigenvalue weighted by Crippen LogP contribution is -2.36. The van der Waals surface area contributed by atoms with Crippen LogP contribution in [0.2, 0.25) is 0 Å². The third-order valence-electron chi connectivity index (χ3n) is 7.08. The van der Waals surface area contributed by atoms with Crippen LogP contribution in [0, 0.1) is 13.8 Å². The number of hydrogen-bond acceptors (Lipinski definition) is 8. The summed E-state index contributed by atoms with van der Waals surface area (Å²) < 4.78 is 21.6. The molecule has 0 saturated carbocycles. The molecular weight excluding hydrogens is 744 g/mol. The van der Waals surface area contributed by atoms with E-state index in [0.717, 1.165) is 23.9 Å². The van der Waals surface area contributed by atoms with E-state index in [2.05, 4.69) is 86.1 Å². The van der Waals surface area contributed by atoms with Gasteiger partial charge in [0.05, 0.1) is 6.04 Å². The van der Waals surface area contributed by atoms with Crippen molar-refractivity contribution in [3.63, 3.8) is 0 Å². The van der Waals surface area contributed by atoms with Crippen LogP contribution in [0.1, 0.15) is 122 Å². The zero-order valence-electron chi connectivity index (χ0n) is 30.4. The van der Waals surface area contributed by atoms with Gasteiger partial charge in [0.2, 0.25) is 0 Å². The Balaban J connectivity index is 0.000000257. The van der Waals surface area contributed by atoms with E-state index >= 15 is 0 Å². The molecular formula is C37H54Br2N2O7. The minimum atomic E-state index is -1.06. The van der Waals surface area contributed by atoms with E-state index in [1.165, 1.54) is 46.1 Å². The largest absolute Gasteiger partial charge is 0.519 e. The number of likely N-dealkylation sites (tertiary alicyclic amines) is 1. The first-order chi connectivity index (χ1) is 22.0. The smallest absolute Gasteiger partial charge is 0.444 e. The maximum atomic E-state index is 12.3. The molecule has 2 aromatic carbocycles. The fraction of sp³-hybridized carbons (Fsp3) is 0.595. The van der Waals surface area contributed by atoms with Gasteiger partial charge < -0.3 is 29.2 Å². The van der Waals surface area contributed by atoms with Gasteiger partial charge >= 0.3 is 18.4 Å². The molecule has 1 amide bonds. The standard InChI is InChI=1S/C16H22BrNO2.C11H14BrN.C10H18O5/c1-11-10-12(17)7-8-13(11)14-6-5-9-18(14)15(19)20-16(2,3)4;1-8-7-9(12)4-5-10(8)11-3-2-6-13-11;1-9(2,3)14-7(11)13-8(12)15-10(4,5)6/h7-8,10,14H,5-6,9H2,1-4H3;4-5,7,11,13H,2-3,6H2,1H3;1-6H3. The molecule has 2 aromatic rings. The van der Waals surface area contributed by atoms with Gasteiger partial charge in [0.15, 0.2) is 0 Å². The van der Waals surface area contributed by atoms with Gasteiger partial charge in [0.1, 0.15) is 16.8 Å². The number of nitrogens with one attached hydrogen (secondary N) is 1. The molecule has 11 heteroatoms. The number of rotatable bonds is 2. The van der Waals surface area contributed by atoms with E-state index in [1.807, 2.05) is 31.7 Å². The second-order valence-electron chi connectivity index (χ2n) is 15.0. The number of carbonyl (C=O) groups is 3. The summed E-state index contributed by atoms with van der Waals surface area (Å²) in [5.74, 6) is 0. The zero-order valence-corrected chi connectivity index (χ0v) is 33.6. The Morgan fingerprint density at radius 3 is 1.60 bits per heavy atom. The summed E-state index contributed by atoms with van der Waals surface area (Å²) in [4.78, 5) is 36.2. The molecule has 0 aliphatic carbocycles. The van der Waals surface area contributed by atoms with Crippen molar-refractivity contribution in [1.29, 1.82) is 0 Å². The van der Waals surface area contributed by atoms with Gasteiger partial charge in [0.25, 0.3) is 0 Å². The Kier molecular flexibility index (Phi) is 15.5. The molecule has 2 saturated heterocycles. The first-order valence-corrected chi connectivity index (χ1v) is 18.0. The van der Waals surface area contributed by atoms with Crippen LogP contribution in [0.5, 0.6) is 0 Å². The van der Waals surface area contributed by atoms with Crippen molar-refractivity contribution >= 4 is 50.3 Å². The SMILES string of the molecule is CC(C)(C)OC(=O)OC(=O)OC(C)(C)C.Cc1cc(Br)ccc1C1CCCN1.Cc1cc(Br)ccc1C1CCCN1C(=O)OC(C)(C)C. The van der Waals surface area contributed by atoms with Crippen LogP contribution in [-0.4, -0.2) is 53.2 Å². The quantitative estimate of drug-likeness (QED) is 0.182. The highest BCUT2D eigenvalue weighted by molar-refractivity contribution is 9.10. The molecule has 2 heterocycles. The first-order valence-electron chi connectivity index (χ1n) is 16.4. The zero-order chi connectivity index (χ0) is 36.4. The Bertz CT molecular complexity index is 1360. The molecule has 0 aromatic heterocycles. The van der Waals surface area contributed by atoms with Crippen LogP contribution < -0.4 is 5.32 Å². The summed E-state index contributed by atoms with van der Waals surface area (Å²) >= 11 is 6.97. The van der Waals surface area contributed by atoms with Crippen LogP contribution in [-0.2, 0) is 18.9 Å². The van der Waals surface area contributed by atoms with Crippen molar-refractivity contribution in [2.45, 2.75) is 131 Å². The number of halogens is 2. The summed E-state index contributed by atoms with van der Waals surface area (Å²) in [6.45, 7) is 21.9. The van der Waals surface area contributed by atoms with Crippen LogP contribution >= 0.6 is 31.9 Å². The van der Waals surface area contributed by atoms with E-state index in [0.29, 0.717) is 6.04 Å². The predicted molar refractivity (Wildman–Crippen MR) is 196 cm³/mol. The number of carbonyl (C=O) groups excluding carboxylic acids is 3. The van der Waals surface area contributed by atoms with Crippen molar-refractivity contribution in [1.82, 2.24) is 10.2 Å². The fourth-order valence-corrected chi connectivity index (χ4v) is 6.18. The molecule has 2 aliphatic rings. The van der Waals surface area contributed by atoms with Crippen LogP contribution in [0.4, 0.5) is 14.4 Å². The molecule has 0 spiro atoms. The average Bonchev–Trinajstić information content (AvgIpc) is 3.59. The van der Waals surface area contributed by atoms with Gasteiger partial charge in [-0.15, -0.1) is 0 Å². The van der Waals surface area contributed by atoms with Crippen molar-refractivity contribution < 1.29 is 33.3 Å². The Hall–Kier alpha value is -2.63. The minimum Gasteiger partial charge on any atom is -0.444 e. The third-order valence-corrected chi connectivity index (χ3v) is 8.07. The molecule has 0 radical (unpaired) electrons. The molecule has 2 aliphatic heterocycles. The van der Waals surface area contributed by atoms with E-state index in [1.54, 1.807) is 41.5 Å². The number of amides is 1. The topological polar surface area (TPSA) is 103 Å². The predicted octanol–water partition coefficient (Wildman–Crippen LogP) is 10.9. The molecule has 4 rings (SSSR count). The Labute approximate surface area is 304 Å². The van der Waals surface area contributed by atoms with Gasteiger partial charge in [-0.25, -0.2) is 14.4 Å². The highest BCUT2D eigenvalue weighted by Crippen LogP contribution is 2.35. The average molecular weight is 799 g/mol. The molecule has 0 bridgehead atoms. The van der Waals surface area contributed by atoms with Crippen LogP contribution in [0.15, 0.2) is 45.3 Å². The fourth-order valence-electron chi connectivity index (χ4n) is 5.23. The van der Waals surface area contributed by atoms with E-state index in [4.69, 9.17) is 14.2 Å². The van der Waals surface area contributed by atoms with Crippen molar-refractivity contribution in [3.8, 4) is 0 Å². The lowest BCUT2D eigenvalue weighted by atomic mass is 9.99. The molecule has 2 unspecified atom stereocenters. The van der Waals surface area contributed by atoms with Crippen molar-refractivity contribution in [2.75, 3.05) is 13.1 Å². The Morgan fingerprint density at radius 1 is 0.708 bits per heavy atom. The minimum absolute atomic E-state index is 0.137. The summed E-state index contributed by atoms with van der Waals surface area (Å²) in [6.07, 6.45) is 2.29.